The van der Waals surface area contributed by atoms with E-state index in [1.165, 1.54) is 12.4 Å². The summed E-state index contributed by atoms with van der Waals surface area (Å²) < 4.78 is 11.1. The number of carbonyl (C=O) groups is 1. The van der Waals surface area contributed by atoms with Crippen LogP contribution in [0.1, 0.15) is 29.8 Å². The van der Waals surface area contributed by atoms with Gasteiger partial charge in [-0.15, -0.1) is 0 Å². The van der Waals surface area contributed by atoms with Gasteiger partial charge >= 0.3 is 0 Å². The van der Waals surface area contributed by atoms with Gasteiger partial charge in [0.2, 0.25) is 0 Å². The molecule has 0 saturated heterocycles. The molecule has 1 aromatic heterocycles. The summed E-state index contributed by atoms with van der Waals surface area (Å²) in [6, 6.07) is 8.82. The summed E-state index contributed by atoms with van der Waals surface area (Å²) in [7, 11) is 1.58. The van der Waals surface area contributed by atoms with Gasteiger partial charge in [-0.3, -0.25) is 9.78 Å². The molecular formula is C17H19N3O3. The molecule has 1 amide bonds. The summed E-state index contributed by atoms with van der Waals surface area (Å²) in [5.74, 6) is 0.870. The first-order chi connectivity index (χ1) is 11.1. The molecule has 0 atom stereocenters. The number of aromatic nitrogens is 1. The third-order valence-electron chi connectivity index (χ3n) is 2.88. The molecule has 1 aromatic carbocycles. The van der Waals surface area contributed by atoms with E-state index in [1.807, 2.05) is 32.0 Å². The van der Waals surface area contributed by atoms with Crippen LogP contribution in [0.15, 0.2) is 47.8 Å². The molecule has 0 spiro atoms. The Bertz CT molecular complexity index is 685. The molecule has 6 heteroatoms. The molecule has 0 aliphatic rings. The second-order valence-electron chi connectivity index (χ2n) is 4.99. The summed E-state index contributed by atoms with van der Waals surface area (Å²) >= 11 is 0. The molecule has 0 aliphatic carbocycles. The number of amides is 1. The molecule has 0 saturated carbocycles. The highest BCUT2D eigenvalue weighted by molar-refractivity contribution is 5.94. The molecule has 0 aliphatic heterocycles. The largest absolute Gasteiger partial charge is 0.493 e. The van der Waals surface area contributed by atoms with Crippen LogP contribution < -0.4 is 14.9 Å². The minimum atomic E-state index is -0.330. The molecule has 0 bridgehead atoms. The Balaban J connectivity index is 2.14. The molecule has 2 aromatic rings. The molecule has 120 valence electrons. The van der Waals surface area contributed by atoms with Gasteiger partial charge in [-0.05, 0) is 38.1 Å². The van der Waals surface area contributed by atoms with Crippen LogP contribution in [0.2, 0.25) is 0 Å². The number of hydrogen-bond acceptors (Lipinski definition) is 5. The maximum atomic E-state index is 11.9. The van der Waals surface area contributed by atoms with Crippen molar-refractivity contribution in [3.05, 3.63) is 53.9 Å². The van der Waals surface area contributed by atoms with Crippen molar-refractivity contribution in [1.82, 2.24) is 10.4 Å². The summed E-state index contributed by atoms with van der Waals surface area (Å²) in [5, 5.41) is 3.97. The Labute approximate surface area is 135 Å². The zero-order chi connectivity index (χ0) is 16.7. The highest BCUT2D eigenvalue weighted by Crippen LogP contribution is 2.30. The van der Waals surface area contributed by atoms with Crippen LogP contribution in [-0.2, 0) is 0 Å². The Morgan fingerprint density at radius 3 is 2.78 bits per heavy atom. The summed E-state index contributed by atoms with van der Waals surface area (Å²) in [6.45, 7) is 3.86. The standard InChI is InChI=1S/C17H19N3O3/c1-12(2)23-16-13(6-4-8-15(16)22-3)11-19-20-17(21)14-7-5-9-18-10-14/h4-12H,1-3H3,(H,20,21)/b19-11-. The van der Waals surface area contributed by atoms with Gasteiger partial charge in [-0.25, -0.2) is 5.43 Å². The van der Waals surface area contributed by atoms with Crippen LogP contribution in [0.5, 0.6) is 11.5 Å². The predicted octanol–water partition coefficient (Wildman–Crippen LogP) is 2.64. The van der Waals surface area contributed by atoms with Crippen molar-refractivity contribution >= 4 is 12.1 Å². The van der Waals surface area contributed by atoms with Crippen LogP contribution in [-0.4, -0.2) is 30.3 Å². The fourth-order valence-corrected chi connectivity index (χ4v) is 1.88. The van der Waals surface area contributed by atoms with E-state index < -0.39 is 0 Å². The monoisotopic (exact) mass is 313 g/mol. The lowest BCUT2D eigenvalue weighted by Crippen LogP contribution is -2.17. The third kappa shape index (κ3) is 4.54. The maximum absolute atomic E-state index is 11.9. The molecule has 23 heavy (non-hydrogen) atoms. The number of para-hydroxylation sites is 1. The quantitative estimate of drug-likeness (QED) is 0.657. The predicted molar refractivity (Wildman–Crippen MR) is 88.1 cm³/mol. The lowest BCUT2D eigenvalue weighted by molar-refractivity contribution is 0.0954. The number of hydrogen-bond donors (Lipinski definition) is 1. The van der Waals surface area contributed by atoms with E-state index in [4.69, 9.17) is 9.47 Å². The van der Waals surface area contributed by atoms with Crippen molar-refractivity contribution in [1.29, 1.82) is 0 Å². The first kappa shape index (κ1) is 16.5. The van der Waals surface area contributed by atoms with Gasteiger partial charge in [-0.2, -0.15) is 5.10 Å². The van der Waals surface area contributed by atoms with Crippen LogP contribution in [0.4, 0.5) is 0 Å². The van der Waals surface area contributed by atoms with Crippen molar-refractivity contribution in [2.45, 2.75) is 20.0 Å². The Morgan fingerprint density at radius 1 is 1.30 bits per heavy atom. The van der Waals surface area contributed by atoms with Crippen molar-refractivity contribution in [3.63, 3.8) is 0 Å². The smallest absolute Gasteiger partial charge is 0.272 e. The molecule has 1 heterocycles. The first-order valence-corrected chi connectivity index (χ1v) is 7.19. The zero-order valence-electron chi connectivity index (χ0n) is 13.3. The van der Waals surface area contributed by atoms with Crippen LogP contribution >= 0.6 is 0 Å². The van der Waals surface area contributed by atoms with E-state index in [2.05, 4.69) is 15.5 Å². The fraction of sp³-hybridized carbons (Fsp3) is 0.235. The third-order valence-corrected chi connectivity index (χ3v) is 2.88. The number of rotatable bonds is 6. The number of nitrogens with one attached hydrogen (secondary N) is 1. The average Bonchev–Trinajstić information content (AvgIpc) is 2.56. The zero-order valence-corrected chi connectivity index (χ0v) is 13.3. The number of methoxy groups -OCH3 is 1. The van der Waals surface area contributed by atoms with Gasteiger partial charge in [-0.1, -0.05) is 6.07 Å². The van der Waals surface area contributed by atoms with Gasteiger partial charge < -0.3 is 9.47 Å². The fourth-order valence-electron chi connectivity index (χ4n) is 1.88. The second-order valence-corrected chi connectivity index (χ2v) is 4.99. The van der Waals surface area contributed by atoms with Crippen LogP contribution in [0, 0.1) is 0 Å². The number of ether oxygens (including phenoxy) is 2. The molecule has 2 rings (SSSR count). The molecule has 0 unspecified atom stereocenters. The van der Waals surface area contributed by atoms with Gasteiger partial charge in [0.1, 0.15) is 0 Å². The van der Waals surface area contributed by atoms with E-state index in [1.54, 1.807) is 25.4 Å². The average molecular weight is 313 g/mol. The van der Waals surface area contributed by atoms with Gasteiger partial charge in [0, 0.05) is 18.0 Å². The van der Waals surface area contributed by atoms with Crippen molar-refractivity contribution in [2.24, 2.45) is 5.10 Å². The molecular weight excluding hydrogens is 294 g/mol. The van der Waals surface area contributed by atoms with E-state index in [-0.39, 0.29) is 12.0 Å². The summed E-state index contributed by atoms with van der Waals surface area (Å²) in [5.41, 5.74) is 3.61. The lowest BCUT2D eigenvalue weighted by atomic mass is 10.2. The van der Waals surface area contributed by atoms with E-state index >= 15 is 0 Å². The van der Waals surface area contributed by atoms with Crippen molar-refractivity contribution in [2.75, 3.05) is 7.11 Å². The topological polar surface area (TPSA) is 72.8 Å². The SMILES string of the molecule is COc1cccc(/C=N\NC(=O)c2cccnc2)c1OC(C)C. The van der Waals surface area contributed by atoms with Gasteiger partial charge in [0.15, 0.2) is 11.5 Å². The molecule has 0 radical (unpaired) electrons. The normalized spacial score (nSPS) is 10.8. The molecule has 0 fully saturated rings. The van der Waals surface area contributed by atoms with Crippen molar-refractivity contribution in [3.8, 4) is 11.5 Å². The Kier molecular flexibility index (Phi) is 5.68. The maximum Gasteiger partial charge on any atom is 0.272 e. The number of hydrazone groups is 1. The lowest BCUT2D eigenvalue weighted by Gasteiger charge is -2.15. The van der Waals surface area contributed by atoms with Crippen molar-refractivity contribution < 1.29 is 14.3 Å². The molecule has 6 nitrogen and oxygen atoms in total. The van der Waals surface area contributed by atoms with Gasteiger partial charge in [0.25, 0.3) is 5.91 Å². The number of pyridine rings is 1. The van der Waals surface area contributed by atoms with E-state index in [0.29, 0.717) is 22.6 Å². The Hall–Kier alpha value is -2.89. The minimum absolute atomic E-state index is 0.0107. The van der Waals surface area contributed by atoms with E-state index in [9.17, 15) is 4.79 Å². The highest BCUT2D eigenvalue weighted by atomic mass is 16.5. The number of nitrogens with zero attached hydrogens (tertiary/aromatic N) is 2. The minimum Gasteiger partial charge on any atom is -0.493 e. The van der Waals surface area contributed by atoms with Crippen LogP contribution in [0.25, 0.3) is 0 Å². The van der Waals surface area contributed by atoms with Gasteiger partial charge in [0.05, 0.1) is 25.0 Å². The second kappa shape index (κ2) is 7.93. The Morgan fingerprint density at radius 2 is 2.13 bits per heavy atom. The van der Waals surface area contributed by atoms with Crippen LogP contribution in [0.3, 0.4) is 0 Å². The molecule has 1 N–H and O–H groups in total. The summed E-state index contributed by atoms with van der Waals surface area (Å²) in [4.78, 5) is 15.8. The van der Waals surface area contributed by atoms with E-state index in [0.717, 1.165) is 0 Å². The number of carbonyl (C=O) groups excluding carboxylic acids is 1. The number of benzene rings is 1. The summed E-state index contributed by atoms with van der Waals surface area (Å²) in [6.07, 6.45) is 4.59. The first-order valence-electron chi connectivity index (χ1n) is 7.19. The highest BCUT2D eigenvalue weighted by Gasteiger charge is 2.11.